The lowest BCUT2D eigenvalue weighted by Crippen LogP contribution is -2.69. The van der Waals surface area contributed by atoms with E-state index < -0.39 is 11.4 Å². The van der Waals surface area contributed by atoms with Crippen molar-refractivity contribution in [3.63, 3.8) is 0 Å². The first-order chi connectivity index (χ1) is 20.0. The van der Waals surface area contributed by atoms with Crippen LogP contribution >= 0.6 is 23.2 Å². The summed E-state index contributed by atoms with van der Waals surface area (Å²) in [5.74, 6) is 1.00. The smallest absolute Gasteiger partial charge is 0.308 e. The number of carbonyl (C=O) groups is 2. The van der Waals surface area contributed by atoms with Crippen LogP contribution in [0.15, 0.2) is 36.9 Å². The molecule has 0 unspecified atom stereocenters. The van der Waals surface area contributed by atoms with Crippen LogP contribution in [0.1, 0.15) is 56.7 Å². The Morgan fingerprint density at radius 3 is 2.74 bits per heavy atom. The van der Waals surface area contributed by atoms with Gasteiger partial charge in [0.1, 0.15) is 11.9 Å². The number of carbonyl (C=O) groups excluding carboxylic acids is 2. The van der Waals surface area contributed by atoms with Crippen LogP contribution in [-0.4, -0.2) is 64.6 Å². The number of piperidine rings is 1. The maximum Gasteiger partial charge on any atom is 0.308 e. The second-order valence-electron chi connectivity index (χ2n) is 12.7. The molecule has 1 N–H and O–H groups in total. The molecule has 1 amide bonds. The van der Waals surface area contributed by atoms with Crippen molar-refractivity contribution < 1.29 is 24.2 Å². The lowest BCUT2D eigenvalue weighted by atomic mass is 9.50. The zero-order valence-electron chi connectivity index (χ0n) is 24.4. The van der Waals surface area contributed by atoms with Gasteiger partial charge in [0.25, 0.3) is 0 Å². The van der Waals surface area contributed by atoms with E-state index in [9.17, 15) is 14.7 Å². The topological polar surface area (TPSA) is 79.3 Å². The van der Waals surface area contributed by atoms with Crippen LogP contribution in [0.25, 0.3) is 0 Å². The number of phenolic OH excluding ortho intramolecular Hbond substituents is 1. The second kappa shape index (κ2) is 11.1. The minimum Gasteiger partial charge on any atom is -0.508 e. The predicted octanol–water partition coefficient (Wildman–Crippen LogP) is 5.95. The molecule has 0 aromatic heterocycles. The standard InChI is InChI=1S/C33H38Cl2N2O5/c1-5-11-36-12-10-33-22-7-9-25(37(17-18(2)3)29(40)14-20-6-8-23(34)24(35)13-20)32(33)42-31-28(41-19(4)38)16-27(39)21(30(31)33)15-26(22)36/h5-6,8,13,16,18,22,25-26,32,39H,1,7,9-12,14-15,17H2,2-4H3/t22-,25-,26+,32-,33-/m0/s1. The van der Waals surface area contributed by atoms with Crippen molar-refractivity contribution in [1.29, 1.82) is 0 Å². The third kappa shape index (κ3) is 4.68. The zero-order chi connectivity index (χ0) is 29.9. The molecular formula is C33H38Cl2N2O5. The van der Waals surface area contributed by atoms with Gasteiger partial charge in [-0.15, -0.1) is 6.58 Å². The molecule has 2 aromatic rings. The second-order valence-corrected chi connectivity index (χ2v) is 13.5. The molecule has 1 saturated carbocycles. The number of phenols is 1. The lowest BCUT2D eigenvalue weighted by molar-refractivity contribution is -0.142. The summed E-state index contributed by atoms with van der Waals surface area (Å²) in [4.78, 5) is 30.7. The highest BCUT2D eigenvalue weighted by molar-refractivity contribution is 6.42. The van der Waals surface area contributed by atoms with Crippen LogP contribution < -0.4 is 9.47 Å². The number of hydrogen-bond acceptors (Lipinski definition) is 6. The number of nitrogens with zero attached hydrogens (tertiary/aromatic N) is 2. The summed E-state index contributed by atoms with van der Waals surface area (Å²) < 4.78 is 12.5. The van der Waals surface area contributed by atoms with Gasteiger partial charge in [0.2, 0.25) is 5.91 Å². The highest BCUT2D eigenvalue weighted by Crippen LogP contribution is 2.65. The molecule has 224 valence electrons. The van der Waals surface area contributed by atoms with Crippen LogP contribution in [0, 0.1) is 11.8 Å². The Balaban J connectivity index is 1.44. The average molecular weight is 614 g/mol. The lowest BCUT2D eigenvalue weighted by Gasteiger charge is -2.60. The Hall–Kier alpha value is -2.74. The molecule has 1 saturated heterocycles. The summed E-state index contributed by atoms with van der Waals surface area (Å²) in [7, 11) is 0. The fraction of sp³-hybridized carbons (Fsp3) is 0.515. The molecule has 2 aliphatic heterocycles. The maximum absolute atomic E-state index is 14.1. The molecule has 2 aliphatic carbocycles. The van der Waals surface area contributed by atoms with Crippen LogP contribution in [0.3, 0.4) is 0 Å². The number of amides is 1. The van der Waals surface area contributed by atoms with Crippen molar-refractivity contribution in [1.82, 2.24) is 9.80 Å². The highest BCUT2D eigenvalue weighted by Gasteiger charge is 2.67. The normalized spacial score (nSPS) is 27.3. The van der Waals surface area contributed by atoms with Crippen molar-refractivity contribution in [3.8, 4) is 17.2 Å². The summed E-state index contributed by atoms with van der Waals surface area (Å²) in [5.41, 5.74) is 2.26. The van der Waals surface area contributed by atoms with Gasteiger partial charge in [0.15, 0.2) is 11.5 Å². The molecule has 2 bridgehead atoms. The van der Waals surface area contributed by atoms with Crippen molar-refractivity contribution >= 4 is 35.1 Å². The number of halogens is 2. The Labute approximate surface area is 257 Å². The van der Waals surface area contributed by atoms with Gasteiger partial charge >= 0.3 is 5.97 Å². The minimum absolute atomic E-state index is 0.0150. The van der Waals surface area contributed by atoms with Crippen molar-refractivity contribution in [3.05, 3.63) is 63.7 Å². The van der Waals surface area contributed by atoms with Gasteiger partial charge in [-0.25, -0.2) is 0 Å². The molecule has 4 aliphatic rings. The van der Waals surface area contributed by atoms with Gasteiger partial charge in [0, 0.05) is 48.7 Å². The zero-order valence-corrected chi connectivity index (χ0v) is 25.9. The van der Waals surface area contributed by atoms with E-state index in [1.54, 1.807) is 12.1 Å². The number of esters is 1. The monoisotopic (exact) mass is 612 g/mol. The van der Waals surface area contributed by atoms with Crippen molar-refractivity contribution in [2.45, 2.75) is 76.5 Å². The minimum atomic E-state index is -0.470. The van der Waals surface area contributed by atoms with E-state index in [-0.39, 0.29) is 53.9 Å². The number of ether oxygens (including phenoxy) is 2. The van der Waals surface area contributed by atoms with Crippen molar-refractivity contribution in [2.24, 2.45) is 11.8 Å². The molecule has 2 heterocycles. The Bertz CT molecular complexity index is 1440. The van der Waals surface area contributed by atoms with E-state index in [4.69, 9.17) is 32.7 Å². The van der Waals surface area contributed by atoms with E-state index in [1.807, 2.05) is 17.0 Å². The average Bonchev–Trinajstić information content (AvgIpc) is 3.27. The molecule has 6 rings (SSSR count). The molecule has 9 heteroatoms. The third-order valence-electron chi connectivity index (χ3n) is 9.73. The summed E-state index contributed by atoms with van der Waals surface area (Å²) >= 11 is 12.4. The predicted molar refractivity (Wildman–Crippen MR) is 163 cm³/mol. The molecule has 1 spiro atoms. The van der Waals surface area contributed by atoms with E-state index in [1.165, 1.54) is 13.0 Å². The molecule has 42 heavy (non-hydrogen) atoms. The van der Waals surface area contributed by atoms with Gasteiger partial charge in [-0.3, -0.25) is 14.5 Å². The summed E-state index contributed by atoms with van der Waals surface area (Å²) in [6.07, 6.45) is 5.07. The van der Waals surface area contributed by atoms with E-state index in [0.717, 1.165) is 49.0 Å². The third-order valence-corrected chi connectivity index (χ3v) is 10.5. The SMILES string of the molecule is C=CCN1CC[C@]23c4c5c(O)cc(OC(C)=O)c4O[C@H]2[C@@H](N(CC(C)C)C(=O)Cc2ccc(Cl)c(Cl)c2)CC[C@H]3[C@H]1C5. The van der Waals surface area contributed by atoms with Gasteiger partial charge in [-0.05, 0) is 61.8 Å². The fourth-order valence-electron chi connectivity index (χ4n) is 8.33. The number of likely N-dealkylation sites (tertiary alicyclic amines) is 1. The van der Waals surface area contributed by atoms with E-state index in [0.29, 0.717) is 28.8 Å². The highest BCUT2D eigenvalue weighted by atomic mass is 35.5. The van der Waals surface area contributed by atoms with Crippen molar-refractivity contribution in [2.75, 3.05) is 19.6 Å². The van der Waals surface area contributed by atoms with E-state index in [2.05, 4.69) is 25.3 Å². The van der Waals surface area contributed by atoms with Crippen LogP contribution in [0.2, 0.25) is 10.0 Å². The number of aromatic hydroxyl groups is 1. The molecule has 7 nitrogen and oxygen atoms in total. The molecule has 2 aromatic carbocycles. The maximum atomic E-state index is 14.1. The summed E-state index contributed by atoms with van der Waals surface area (Å²) in [5, 5.41) is 12.2. The Morgan fingerprint density at radius 1 is 1.26 bits per heavy atom. The first kappa shape index (κ1) is 29.3. The first-order valence-corrected chi connectivity index (χ1v) is 15.6. The van der Waals surface area contributed by atoms with Gasteiger partial charge in [0.05, 0.1) is 22.5 Å². The van der Waals surface area contributed by atoms with Gasteiger partial charge in [-0.1, -0.05) is 49.2 Å². The Morgan fingerprint density at radius 2 is 2.05 bits per heavy atom. The number of rotatable bonds is 8. The fourth-order valence-corrected chi connectivity index (χ4v) is 8.66. The first-order valence-electron chi connectivity index (χ1n) is 14.9. The van der Waals surface area contributed by atoms with Crippen LogP contribution in [0.4, 0.5) is 0 Å². The summed E-state index contributed by atoms with van der Waals surface area (Å²) in [6, 6.07) is 6.89. The quantitative estimate of drug-likeness (QED) is 0.226. The van der Waals surface area contributed by atoms with Gasteiger partial charge in [-0.2, -0.15) is 0 Å². The van der Waals surface area contributed by atoms with Crippen LogP contribution in [-0.2, 0) is 27.8 Å². The summed E-state index contributed by atoms with van der Waals surface area (Å²) in [6.45, 7) is 11.8. The molecular weight excluding hydrogens is 575 g/mol. The largest absolute Gasteiger partial charge is 0.508 e. The van der Waals surface area contributed by atoms with Gasteiger partial charge < -0.3 is 19.5 Å². The van der Waals surface area contributed by atoms with E-state index >= 15 is 0 Å². The number of benzene rings is 2. The molecule has 5 atom stereocenters. The number of hydrogen-bond donors (Lipinski definition) is 1. The Kier molecular flexibility index (Phi) is 7.73. The molecule has 0 radical (unpaired) electrons. The van der Waals surface area contributed by atoms with Crippen LogP contribution in [0.5, 0.6) is 17.2 Å². The molecule has 2 fully saturated rings.